The first kappa shape index (κ1) is 16.3. The highest BCUT2D eigenvalue weighted by Gasteiger charge is 2.14. The van der Waals surface area contributed by atoms with E-state index in [1.54, 1.807) is 14.0 Å². The molecule has 0 aromatic heterocycles. The van der Waals surface area contributed by atoms with E-state index in [2.05, 4.69) is 11.4 Å². The Hall–Kier alpha value is -2.53. The van der Waals surface area contributed by atoms with Crippen LogP contribution in [0.5, 0.6) is 5.75 Å². The standard InChI is InChI=1S/C19H22N2O3/c1-13(22)12-21(2)19(23)20-17-5-3-4-14(11-17)15-6-7-18-16(10-15)8-9-24-18/h3-7,10-11,13,22H,8-9,12H2,1-2H3,(H,20,23). The molecule has 1 atom stereocenters. The lowest BCUT2D eigenvalue weighted by atomic mass is 10.0. The van der Waals surface area contributed by atoms with Gasteiger partial charge in [-0.1, -0.05) is 18.2 Å². The molecule has 0 bridgehead atoms. The van der Waals surface area contributed by atoms with Crippen molar-refractivity contribution in [2.24, 2.45) is 0 Å². The van der Waals surface area contributed by atoms with Gasteiger partial charge in [-0.25, -0.2) is 4.79 Å². The number of carbonyl (C=O) groups excluding carboxylic acids is 1. The van der Waals surface area contributed by atoms with Gasteiger partial charge in [-0.15, -0.1) is 0 Å². The van der Waals surface area contributed by atoms with Crippen LogP contribution >= 0.6 is 0 Å². The Balaban J connectivity index is 1.76. The van der Waals surface area contributed by atoms with Gasteiger partial charge in [0.05, 0.1) is 12.7 Å². The maximum atomic E-state index is 12.1. The number of fused-ring (bicyclic) bond motifs is 1. The number of anilines is 1. The molecule has 1 heterocycles. The fourth-order valence-corrected chi connectivity index (χ4v) is 2.84. The molecule has 1 aliphatic heterocycles. The number of hydrogen-bond acceptors (Lipinski definition) is 3. The second kappa shape index (κ2) is 6.93. The molecule has 2 aromatic rings. The van der Waals surface area contributed by atoms with Crippen molar-refractivity contribution in [3.8, 4) is 16.9 Å². The summed E-state index contributed by atoms with van der Waals surface area (Å²) in [5, 5.41) is 12.2. The molecule has 2 N–H and O–H groups in total. The number of ether oxygens (including phenoxy) is 1. The summed E-state index contributed by atoms with van der Waals surface area (Å²) in [6.45, 7) is 2.68. The van der Waals surface area contributed by atoms with Gasteiger partial charge in [-0.3, -0.25) is 0 Å². The normalized spacial score (nSPS) is 13.8. The van der Waals surface area contributed by atoms with Crippen LogP contribution in [-0.2, 0) is 6.42 Å². The van der Waals surface area contributed by atoms with Crippen molar-refractivity contribution in [2.75, 3.05) is 25.5 Å². The first-order valence-electron chi connectivity index (χ1n) is 8.09. The van der Waals surface area contributed by atoms with Gasteiger partial charge in [0.25, 0.3) is 0 Å². The van der Waals surface area contributed by atoms with Gasteiger partial charge in [-0.2, -0.15) is 0 Å². The van der Waals surface area contributed by atoms with Gasteiger partial charge in [0.15, 0.2) is 0 Å². The number of benzene rings is 2. The third-order valence-electron chi connectivity index (χ3n) is 4.02. The van der Waals surface area contributed by atoms with Crippen LogP contribution in [0.25, 0.3) is 11.1 Å². The zero-order valence-electron chi connectivity index (χ0n) is 14.0. The van der Waals surface area contributed by atoms with Crippen molar-refractivity contribution in [3.05, 3.63) is 48.0 Å². The van der Waals surface area contributed by atoms with Crippen LogP contribution in [0.4, 0.5) is 10.5 Å². The zero-order chi connectivity index (χ0) is 17.1. The summed E-state index contributed by atoms with van der Waals surface area (Å²) in [5.41, 5.74) is 4.10. The predicted molar refractivity (Wildman–Crippen MR) is 94.4 cm³/mol. The SMILES string of the molecule is CC(O)CN(C)C(=O)Nc1cccc(-c2ccc3c(c2)CCO3)c1. The van der Waals surface area contributed by atoms with Crippen LogP contribution in [0.3, 0.4) is 0 Å². The number of aliphatic hydroxyl groups is 1. The number of carbonyl (C=O) groups is 1. The largest absolute Gasteiger partial charge is 0.493 e. The molecule has 5 nitrogen and oxygen atoms in total. The number of hydrogen-bond donors (Lipinski definition) is 2. The van der Waals surface area contributed by atoms with Crippen LogP contribution in [0.15, 0.2) is 42.5 Å². The molecule has 126 valence electrons. The second-order valence-electron chi connectivity index (χ2n) is 6.16. The van der Waals surface area contributed by atoms with Crippen LogP contribution < -0.4 is 10.1 Å². The molecule has 0 fully saturated rings. The molecule has 1 unspecified atom stereocenters. The summed E-state index contributed by atoms with van der Waals surface area (Å²) < 4.78 is 5.54. The van der Waals surface area contributed by atoms with Crippen LogP contribution in [0.1, 0.15) is 12.5 Å². The number of rotatable bonds is 4. The monoisotopic (exact) mass is 326 g/mol. The Morgan fingerprint density at radius 2 is 2.08 bits per heavy atom. The molecule has 2 amide bonds. The molecular weight excluding hydrogens is 304 g/mol. The van der Waals surface area contributed by atoms with E-state index >= 15 is 0 Å². The summed E-state index contributed by atoms with van der Waals surface area (Å²) in [5.74, 6) is 0.961. The molecule has 0 spiro atoms. The van der Waals surface area contributed by atoms with E-state index < -0.39 is 6.10 Å². The number of urea groups is 1. The minimum Gasteiger partial charge on any atom is -0.493 e. The number of aliphatic hydroxyl groups excluding tert-OH is 1. The third-order valence-corrected chi connectivity index (χ3v) is 4.02. The molecule has 2 aromatic carbocycles. The highest BCUT2D eigenvalue weighted by molar-refractivity contribution is 5.90. The zero-order valence-corrected chi connectivity index (χ0v) is 14.0. The number of likely N-dealkylation sites (N-methyl/N-ethyl adjacent to an activating group) is 1. The summed E-state index contributed by atoms with van der Waals surface area (Å²) in [4.78, 5) is 13.6. The van der Waals surface area contributed by atoms with Gasteiger partial charge >= 0.3 is 6.03 Å². The van der Waals surface area contributed by atoms with E-state index in [1.807, 2.05) is 36.4 Å². The average molecular weight is 326 g/mol. The quantitative estimate of drug-likeness (QED) is 0.907. The van der Waals surface area contributed by atoms with Crippen molar-refractivity contribution < 1.29 is 14.6 Å². The van der Waals surface area contributed by atoms with E-state index in [1.165, 1.54) is 10.5 Å². The van der Waals surface area contributed by atoms with Crippen LogP contribution in [0, 0.1) is 0 Å². The first-order chi connectivity index (χ1) is 11.5. The van der Waals surface area contributed by atoms with E-state index in [0.29, 0.717) is 0 Å². The molecule has 0 saturated carbocycles. The van der Waals surface area contributed by atoms with E-state index in [0.717, 1.165) is 35.6 Å². The highest BCUT2D eigenvalue weighted by atomic mass is 16.5. The van der Waals surface area contributed by atoms with Gasteiger partial charge in [0, 0.05) is 25.7 Å². The lowest BCUT2D eigenvalue weighted by molar-refractivity contribution is 0.149. The third kappa shape index (κ3) is 3.68. The van der Waals surface area contributed by atoms with Crippen LogP contribution in [0.2, 0.25) is 0 Å². The Labute approximate surface area is 141 Å². The number of nitrogens with zero attached hydrogens (tertiary/aromatic N) is 1. The number of nitrogens with one attached hydrogen (secondary N) is 1. The van der Waals surface area contributed by atoms with Gasteiger partial charge in [0.1, 0.15) is 5.75 Å². The topological polar surface area (TPSA) is 61.8 Å². The molecule has 24 heavy (non-hydrogen) atoms. The maximum Gasteiger partial charge on any atom is 0.321 e. The lowest BCUT2D eigenvalue weighted by Crippen LogP contribution is -2.36. The summed E-state index contributed by atoms with van der Waals surface area (Å²) in [7, 11) is 1.66. The van der Waals surface area contributed by atoms with Crippen molar-refractivity contribution >= 4 is 11.7 Å². The molecule has 1 aliphatic rings. The Kier molecular flexibility index (Phi) is 4.71. The molecule has 0 saturated heterocycles. The molecular formula is C19H22N2O3. The Bertz CT molecular complexity index is 743. The molecule has 0 aliphatic carbocycles. The molecule has 5 heteroatoms. The fourth-order valence-electron chi connectivity index (χ4n) is 2.84. The van der Waals surface area contributed by atoms with E-state index in [4.69, 9.17) is 4.74 Å². The van der Waals surface area contributed by atoms with Gasteiger partial charge in [-0.05, 0) is 47.9 Å². The summed E-state index contributed by atoms with van der Waals surface area (Å²) in [6.07, 6.45) is 0.379. The summed E-state index contributed by atoms with van der Waals surface area (Å²) >= 11 is 0. The lowest BCUT2D eigenvalue weighted by Gasteiger charge is -2.19. The average Bonchev–Trinajstić information content (AvgIpc) is 3.02. The smallest absolute Gasteiger partial charge is 0.321 e. The predicted octanol–water partition coefficient (Wildman–Crippen LogP) is 3.13. The van der Waals surface area contributed by atoms with Gasteiger partial charge in [0.2, 0.25) is 0 Å². The van der Waals surface area contributed by atoms with Crippen molar-refractivity contribution in [1.29, 1.82) is 0 Å². The maximum absolute atomic E-state index is 12.1. The Morgan fingerprint density at radius 1 is 1.29 bits per heavy atom. The number of amides is 2. The summed E-state index contributed by atoms with van der Waals surface area (Å²) in [6, 6.07) is 13.7. The minimum absolute atomic E-state index is 0.240. The van der Waals surface area contributed by atoms with E-state index in [-0.39, 0.29) is 12.6 Å². The van der Waals surface area contributed by atoms with Crippen molar-refractivity contribution in [1.82, 2.24) is 4.90 Å². The highest BCUT2D eigenvalue weighted by Crippen LogP contribution is 2.31. The fraction of sp³-hybridized carbons (Fsp3) is 0.316. The Morgan fingerprint density at radius 3 is 2.88 bits per heavy atom. The minimum atomic E-state index is -0.555. The van der Waals surface area contributed by atoms with E-state index in [9.17, 15) is 9.90 Å². The van der Waals surface area contributed by atoms with Crippen molar-refractivity contribution in [2.45, 2.75) is 19.4 Å². The van der Waals surface area contributed by atoms with Gasteiger partial charge < -0.3 is 20.1 Å². The first-order valence-corrected chi connectivity index (χ1v) is 8.09. The van der Waals surface area contributed by atoms with Crippen molar-refractivity contribution in [3.63, 3.8) is 0 Å². The second-order valence-corrected chi connectivity index (χ2v) is 6.16. The molecule has 0 radical (unpaired) electrons. The molecule has 3 rings (SSSR count). The van der Waals surface area contributed by atoms with Crippen LogP contribution in [-0.4, -0.2) is 42.3 Å².